The van der Waals surface area contributed by atoms with E-state index in [4.69, 9.17) is 4.74 Å². The van der Waals surface area contributed by atoms with Crippen molar-refractivity contribution in [2.24, 2.45) is 11.8 Å². The number of ether oxygens (including phenoxy) is 1. The zero-order valence-corrected chi connectivity index (χ0v) is 10.1. The Hall–Kier alpha value is -1.31. The van der Waals surface area contributed by atoms with Crippen molar-refractivity contribution in [3.63, 3.8) is 0 Å². The number of fused-ring (bicyclic) bond motifs is 1. The largest absolute Gasteiger partial charge is 0.493 e. The van der Waals surface area contributed by atoms with Crippen molar-refractivity contribution in [1.82, 2.24) is 0 Å². The lowest BCUT2D eigenvalue weighted by molar-refractivity contribution is 0.0946. The fraction of sp³-hybridized carbons (Fsp3) is 0.500. The van der Waals surface area contributed by atoms with Crippen molar-refractivity contribution >= 4 is 5.78 Å². The third-order valence-corrected chi connectivity index (χ3v) is 2.90. The molecule has 1 aliphatic rings. The molecule has 0 bridgehead atoms. The predicted octanol–water partition coefficient (Wildman–Crippen LogP) is 3.10. The van der Waals surface area contributed by atoms with Gasteiger partial charge in [-0.2, -0.15) is 0 Å². The highest BCUT2D eigenvalue weighted by atomic mass is 16.5. The summed E-state index contributed by atoms with van der Waals surface area (Å²) in [6, 6.07) is 5.88. The monoisotopic (exact) mass is 218 g/mol. The highest BCUT2D eigenvalue weighted by Gasteiger charge is 2.26. The molecule has 1 aromatic rings. The van der Waals surface area contributed by atoms with Gasteiger partial charge in [0, 0.05) is 11.5 Å². The summed E-state index contributed by atoms with van der Waals surface area (Å²) in [5.74, 6) is 1.71. The molecule has 0 radical (unpaired) electrons. The molecule has 2 rings (SSSR count). The number of carbonyl (C=O) groups excluding carboxylic acids is 1. The minimum absolute atomic E-state index is 0.135. The molecular weight excluding hydrogens is 200 g/mol. The van der Waals surface area contributed by atoms with E-state index in [0.717, 1.165) is 23.3 Å². The molecule has 0 N–H and O–H groups in total. The summed E-state index contributed by atoms with van der Waals surface area (Å²) in [7, 11) is 0. The number of Topliss-reactive ketones (excluding diaryl/α,β-unsaturated/α-hetero) is 1. The molecule has 16 heavy (non-hydrogen) atoms. The van der Waals surface area contributed by atoms with Gasteiger partial charge in [-0.15, -0.1) is 0 Å². The maximum Gasteiger partial charge on any atom is 0.166 e. The smallest absolute Gasteiger partial charge is 0.166 e. The van der Waals surface area contributed by atoms with Crippen LogP contribution < -0.4 is 4.74 Å². The van der Waals surface area contributed by atoms with Crippen LogP contribution in [-0.4, -0.2) is 12.4 Å². The molecule has 2 nitrogen and oxygen atoms in total. The molecule has 2 heteroatoms. The van der Waals surface area contributed by atoms with Gasteiger partial charge in [-0.3, -0.25) is 4.79 Å². The molecule has 0 spiro atoms. The number of hydrogen-bond acceptors (Lipinski definition) is 2. The van der Waals surface area contributed by atoms with Gasteiger partial charge in [0.15, 0.2) is 5.78 Å². The summed E-state index contributed by atoms with van der Waals surface area (Å²) in [4.78, 5) is 11.8. The SMILES string of the molecule is CC(C)COc1ccc2c(c1)C(=O)C(C)C2. The standard InChI is InChI=1S/C14H18O2/c1-9(2)8-16-12-5-4-11-6-10(3)14(15)13(11)7-12/h4-5,7,9-10H,6,8H2,1-3H3. The van der Waals surface area contributed by atoms with Crippen LogP contribution in [0.5, 0.6) is 5.75 Å². The van der Waals surface area contributed by atoms with Gasteiger partial charge in [-0.1, -0.05) is 26.8 Å². The Balaban J connectivity index is 2.17. The van der Waals surface area contributed by atoms with E-state index >= 15 is 0 Å². The Bertz CT molecular complexity index is 407. The first-order chi connectivity index (χ1) is 7.58. The average molecular weight is 218 g/mol. The van der Waals surface area contributed by atoms with Crippen LogP contribution >= 0.6 is 0 Å². The molecule has 0 saturated heterocycles. The Morgan fingerprint density at radius 2 is 2.19 bits per heavy atom. The van der Waals surface area contributed by atoms with Crippen molar-refractivity contribution in [1.29, 1.82) is 0 Å². The quantitative estimate of drug-likeness (QED) is 0.779. The van der Waals surface area contributed by atoms with Crippen molar-refractivity contribution in [3.8, 4) is 5.75 Å². The molecule has 1 atom stereocenters. The number of ketones is 1. The van der Waals surface area contributed by atoms with Crippen LogP contribution in [-0.2, 0) is 6.42 Å². The van der Waals surface area contributed by atoms with E-state index in [0.29, 0.717) is 12.5 Å². The van der Waals surface area contributed by atoms with Crippen LogP contribution in [0.4, 0.5) is 0 Å². The average Bonchev–Trinajstić information content (AvgIpc) is 2.52. The van der Waals surface area contributed by atoms with Crippen LogP contribution in [0.15, 0.2) is 18.2 Å². The lowest BCUT2D eigenvalue weighted by atomic mass is 10.1. The fourth-order valence-corrected chi connectivity index (χ4v) is 2.00. The molecule has 0 aliphatic heterocycles. The van der Waals surface area contributed by atoms with Crippen molar-refractivity contribution in [2.45, 2.75) is 27.2 Å². The Kier molecular flexibility index (Phi) is 2.99. The zero-order chi connectivity index (χ0) is 11.7. The second-order valence-electron chi connectivity index (χ2n) is 4.99. The van der Waals surface area contributed by atoms with Crippen molar-refractivity contribution < 1.29 is 9.53 Å². The molecular formula is C14H18O2. The third-order valence-electron chi connectivity index (χ3n) is 2.90. The number of rotatable bonds is 3. The second kappa shape index (κ2) is 4.28. The summed E-state index contributed by atoms with van der Waals surface area (Å²) in [6.45, 7) is 6.90. The molecule has 0 amide bonds. The van der Waals surface area contributed by atoms with Gasteiger partial charge in [0.2, 0.25) is 0 Å². The van der Waals surface area contributed by atoms with E-state index in [9.17, 15) is 4.79 Å². The first-order valence-corrected chi connectivity index (χ1v) is 5.88. The van der Waals surface area contributed by atoms with E-state index < -0.39 is 0 Å². The molecule has 1 aliphatic carbocycles. The van der Waals surface area contributed by atoms with Gasteiger partial charge >= 0.3 is 0 Å². The maximum atomic E-state index is 11.8. The van der Waals surface area contributed by atoms with Crippen LogP contribution in [0.1, 0.15) is 36.7 Å². The fourth-order valence-electron chi connectivity index (χ4n) is 2.00. The van der Waals surface area contributed by atoms with E-state index in [1.54, 1.807) is 0 Å². The lowest BCUT2D eigenvalue weighted by Crippen LogP contribution is -2.06. The predicted molar refractivity (Wildman–Crippen MR) is 64.0 cm³/mol. The molecule has 0 heterocycles. The highest BCUT2D eigenvalue weighted by molar-refractivity contribution is 6.02. The third kappa shape index (κ3) is 2.11. The van der Waals surface area contributed by atoms with Crippen molar-refractivity contribution in [2.75, 3.05) is 6.61 Å². The van der Waals surface area contributed by atoms with Gasteiger partial charge in [0.1, 0.15) is 5.75 Å². The molecule has 0 saturated carbocycles. The molecule has 86 valence electrons. The van der Waals surface area contributed by atoms with Gasteiger partial charge in [-0.25, -0.2) is 0 Å². The van der Waals surface area contributed by atoms with E-state index in [-0.39, 0.29) is 11.7 Å². The number of carbonyl (C=O) groups is 1. The first kappa shape index (κ1) is 11.2. The lowest BCUT2D eigenvalue weighted by Gasteiger charge is -2.09. The summed E-state index contributed by atoms with van der Waals surface area (Å²) in [6.07, 6.45) is 0.874. The summed E-state index contributed by atoms with van der Waals surface area (Å²) < 4.78 is 5.62. The van der Waals surface area contributed by atoms with Crippen LogP contribution in [0.2, 0.25) is 0 Å². The second-order valence-corrected chi connectivity index (χ2v) is 4.99. The summed E-state index contributed by atoms with van der Waals surface area (Å²) >= 11 is 0. The van der Waals surface area contributed by atoms with Gasteiger partial charge < -0.3 is 4.74 Å². The van der Waals surface area contributed by atoms with Gasteiger partial charge in [0.05, 0.1) is 6.61 Å². The Morgan fingerprint density at radius 1 is 1.44 bits per heavy atom. The van der Waals surface area contributed by atoms with Gasteiger partial charge in [-0.05, 0) is 30.0 Å². The van der Waals surface area contributed by atoms with Crippen LogP contribution in [0.3, 0.4) is 0 Å². The van der Waals surface area contributed by atoms with E-state index in [1.807, 2.05) is 25.1 Å². The topological polar surface area (TPSA) is 26.3 Å². The van der Waals surface area contributed by atoms with Crippen LogP contribution in [0, 0.1) is 11.8 Å². The number of benzene rings is 1. The van der Waals surface area contributed by atoms with Gasteiger partial charge in [0.25, 0.3) is 0 Å². The Labute approximate surface area is 96.6 Å². The molecule has 0 fully saturated rings. The zero-order valence-electron chi connectivity index (χ0n) is 10.1. The van der Waals surface area contributed by atoms with Crippen molar-refractivity contribution in [3.05, 3.63) is 29.3 Å². The Morgan fingerprint density at radius 3 is 2.88 bits per heavy atom. The molecule has 1 aromatic carbocycles. The highest BCUT2D eigenvalue weighted by Crippen LogP contribution is 2.29. The summed E-state index contributed by atoms with van der Waals surface area (Å²) in [5, 5.41) is 0. The molecule has 0 aromatic heterocycles. The van der Waals surface area contributed by atoms with Crippen LogP contribution in [0.25, 0.3) is 0 Å². The minimum atomic E-state index is 0.135. The maximum absolute atomic E-state index is 11.8. The number of hydrogen-bond donors (Lipinski definition) is 0. The van der Waals surface area contributed by atoms with E-state index in [2.05, 4.69) is 13.8 Å². The normalized spacial score (nSPS) is 19.0. The minimum Gasteiger partial charge on any atom is -0.493 e. The van der Waals surface area contributed by atoms with E-state index in [1.165, 1.54) is 0 Å². The first-order valence-electron chi connectivity index (χ1n) is 5.88. The summed E-state index contributed by atoms with van der Waals surface area (Å²) in [5.41, 5.74) is 2.02. The molecule has 1 unspecified atom stereocenters.